The molecule has 0 aliphatic heterocycles. The van der Waals surface area contributed by atoms with E-state index in [0.717, 1.165) is 10.6 Å². The van der Waals surface area contributed by atoms with Crippen LogP contribution in [0.25, 0.3) is 0 Å². The largest absolute Gasteiger partial charge is 0.484 e. The van der Waals surface area contributed by atoms with Gasteiger partial charge in [-0.15, -0.1) is 23.5 Å². The van der Waals surface area contributed by atoms with Crippen molar-refractivity contribution < 1.29 is 9.53 Å². The van der Waals surface area contributed by atoms with Crippen LogP contribution in [-0.2, 0) is 4.79 Å². The fraction of sp³-hybridized carbons (Fsp3) is 0.188. The van der Waals surface area contributed by atoms with Crippen LogP contribution in [0.4, 0.5) is 5.69 Å². The van der Waals surface area contributed by atoms with E-state index in [1.165, 1.54) is 4.90 Å². The highest BCUT2D eigenvalue weighted by Crippen LogP contribution is 2.19. The first-order valence-electron chi connectivity index (χ1n) is 6.42. The van der Waals surface area contributed by atoms with Crippen LogP contribution in [0, 0.1) is 0 Å². The third-order valence-electron chi connectivity index (χ3n) is 2.80. The fourth-order valence-corrected chi connectivity index (χ4v) is 2.51. The molecule has 0 bridgehead atoms. The summed E-state index contributed by atoms with van der Waals surface area (Å²) in [4.78, 5) is 14.2. The van der Waals surface area contributed by atoms with Crippen molar-refractivity contribution in [2.75, 3.05) is 24.4 Å². The zero-order chi connectivity index (χ0) is 15.1. The molecular formula is C16H17NO2S2. The Hall–Kier alpha value is -1.59. The van der Waals surface area contributed by atoms with Crippen molar-refractivity contribution >= 4 is 35.1 Å². The van der Waals surface area contributed by atoms with Gasteiger partial charge < -0.3 is 10.1 Å². The van der Waals surface area contributed by atoms with Crippen LogP contribution < -0.4 is 10.1 Å². The Morgan fingerprint density at radius 1 is 0.952 bits per heavy atom. The SMILES string of the molecule is CSc1ccc(NC(=O)COc2ccc(SC)cc2)cc1. The van der Waals surface area contributed by atoms with Crippen LogP contribution in [0.1, 0.15) is 0 Å². The van der Waals surface area contributed by atoms with E-state index < -0.39 is 0 Å². The van der Waals surface area contributed by atoms with E-state index in [1.54, 1.807) is 23.5 Å². The minimum absolute atomic E-state index is 0.00287. The van der Waals surface area contributed by atoms with Crippen molar-refractivity contribution in [3.8, 4) is 5.75 Å². The highest BCUT2D eigenvalue weighted by molar-refractivity contribution is 7.98. The number of hydrogen-bond donors (Lipinski definition) is 1. The maximum Gasteiger partial charge on any atom is 0.262 e. The van der Waals surface area contributed by atoms with Crippen LogP contribution in [-0.4, -0.2) is 25.0 Å². The van der Waals surface area contributed by atoms with Gasteiger partial charge in [-0.25, -0.2) is 0 Å². The lowest BCUT2D eigenvalue weighted by Crippen LogP contribution is -2.20. The van der Waals surface area contributed by atoms with E-state index in [2.05, 4.69) is 5.32 Å². The van der Waals surface area contributed by atoms with Gasteiger partial charge in [0.25, 0.3) is 5.91 Å². The minimum Gasteiger partial charge on any atom is -0.484 e. The van der Waals surface area contributed by atoms with Gasteiger partial charge in [0.1, 0.15) is 5.75 Å². The van der Waals surface area contributed by atoms with E-state index in [-0.39, 0.29) is 12.5 Å². The van der Waals surface area contributed by atoms with Crippen molar-refractivity contribution in [2.45, 2.75) is 9.79 Å². The molecule has 2 aromatic rings. The second-order valence-corrected chi connectivity index (χ2v) is 6.00. The quantitative estimate of drug-likeness (QED) is 0.812. The molecule has 2 rings (SSSR count). The lowest BCUT2D eigenvalue weighted by Gasteiger charge is -2.08. The van der Waals surface area contributed by atoms with E-state index in [4.69, 9.17) is 4.74 Å². The average Bonchev–Trinajstić information content (AvgIpc) is 2.54. The monoisotopic (exact) mass is 319 g/mol. The molecule has 5 heteroatoms. The van der Waals surface area contributed by atoms with Crippen LogP contribution in [0.3, 0.4) is 0 Å². The number of benzene rings is 2. The Morgan fingerprint density at radius 2 is 1.48 bits per heavy atom. The van der Waals surface area contributed by atoms with Gasteiger partial charge in [-0.05, 0) is 61.0 Å². The number of carbonyl (C=O) groups excluding carboxylic acids is 1. The average molecular weight is 319 g/mol. The predicted molar refractivity (Wildman–Crippen MR) is 90.6 cm³/mol. The molecule has 2 aromatic carbocycles. The minimum atomic E-state index is -0.166. The highest BCUT2D eigenvalue weighted by atomic mass is 32.2. The first-order valence-corrected chi connectivity index (χ1v) is 8.87. The molecule has 21 heavy (non-hydrogen) atoms. The Morgan fingerprint density at radius 3 is 2.00 bits per heavy atom. The van der Waals surface area contributed by atoms with Gasteiger partial charge in [0.05, 0.1) is 0 Å². The Balaban J connectivity index is 1.83. The lowest BCUT2D eigenvalue weighted by atomic mass is 10.3. The Kier molecular flexibility index (Phi) is 6.02. The molecule has 1 N–H and O–H groups in total. The van der Waals surface area contributed by atoms with E-state index in [1.807, 2.05) is 61.0 Å². The number of anilines is 1. The number of thioether (sulfide) groups is 2. The second-order valence-electron chi connectivity index (χ2n) is 4.24. The van der Waals surface area contributed by atoms with E-state index >= 15 is 0 Å². The maximum atomic E-state index is 11.8. The number of hydrogen-bond acceptors (Lipinski definition) is 4. The zero-order valence-electron chi connectivity index (χ0n) is 12.0. The van der Waals surface area contributed by atoms with Crippen molar-refractivity contribution in [1.29, 1.82) is 0 Å². The molecular weight excluding hydrogens is 302 g/mol. The van der Waals surface area contributed by atoms with Crippen LogP contribution >= 0.6 is 23.5 Å². The number of carbonyl (C=O) groups is 1. The summed E-state index contributed by atoms with van der Waals surface area (Å²) < 4.78 is 5.46. The number of amides is 1. The summed E-state index contributed by atoms with van der Waals surface area (Å²) in [6.45, 7) is 0.00287. The number of rotatable bonds is 6. The smallest absolute Gasteiger partial charge is 0.262 e. The molecule has 3 nitrogen and oxygen atoms in total. The number of nitrogens with one attached hydrogen (secondary N) is 1. The summed E-state index contributed by atoms with van der Waals surface area (Å²) in [7, 11) is 0. The molecule has 0 aliphatic rings. The summed E-state index contributed by atoms with van der Waals surface area (Å²) in [6.07, 6.45) is 4.04. The van der Waals surface area contributed by atoms with Gasteiger partial charge in [0.15, 0.2) is 6.61 Å². The molecule has 0 saturated carbocycles. The molecule has 1 amide bonds. The van der Waals surface area contributed by atoms with Crippen LogP contribution in [0.15, 0.2) is 58.3 Å². The van der Waals surface area contributed by atoms with Gasteiger partial charge in [-0.3, -0.25) is 4.79 Å². The lowest BCUT2D eigenvalue weighted by molar-refractivity contribution is -0.118. The summed E-state index contributed by atoms with van der Waals surface area (Å²) >= 11 is 3.34. The second kappa shape index (κ2) is 8.00. The van der Waals surface area contributed by atoms with Gasteiger partial charge in [0.2, 0.25) is 0 Å². The van der Waals surface area contributed by atoms with Crippen molar-refractivity contribution in [1.82, 2.24) is 0 Å². The standard InChI is InChI=1S/C16H17NO2S2/c1-20-14-7-3-12(4-8-14)17-16(18)11-19-13-5-9-15(21-2)10-6-13/h3-10H,11H2,1-2H3,(H,17,18). The molecule has 0 spiro atoms. The summed E-state index contributed by atoms with van der Waals surface area (Å²) in [5, 5.41) is 2.81. The molecule has 0 atom stereocenters. The molecule has 0 unspecified atom stereocenters. The van der Waals surface area contributed by atoms with Crippen molar-refractivity contribution in [3.05, 3.63) is 48.5 Å². The molecule has 0 aromatic heterocycles. The Labute approximate surface area is 133 Å². The fourth-order valence-electron chi connectivity index (χ4n) is 1.69. The summed E-state index contributed by atoms with van der Waals surface area (Å²) in [6, 6.07) is 15.4. The van der Waals surface area contributed by atoms with Crippen LogP contribution in [0.5, 0.6) is 5.75 Å². The van der Waals surface area contributed by atoms with Gasteiger partial charge >= 0.3 is 0 Å². The predicted octanol–water partition coefficient (Wildman–Crippen LogP) is 4.15. The Bertz CT molecular complexity index is 582. The zero-order valence-corrected chi connectivity index (χ0v) is 13.6. The molecule has 0 heterocycles. The summed E-state index contributed by atoms with van der Waals surface area (Å²) in [5.74, 6) is 0.529. The topological polar surface area (TPSA) is 38.3 Å². The first-order chi connectivity index (χ1) is 10.2. The first kappa shape index (κ1) is 15.8. The van der Waals surface area contributed by atoms with Gasteiger partial charge in [0, 0.05) is 15.5 Å². The van der Waals surface area contributed by atoms with E-state index in [9.17, 15) is 4.79 Å². The van der Waals surface area contributed by atoms with Gasteiger partial charge in [-0.1, -0.05) is 0 Å². The van der Waals surface area contributed by atoms with E-state index in [0.29, 0.717) is 5.75 Å². The van der Waals surface area contributed by atoms with Crippen LogP contribution in [0.2, 0.25) is 0 Å². The molecule has 0 saturated heterocycles. The number of ether oxygens (including phenoxy) is 1. The molecule has 0 radical (unpaired) electrons. The summed E-state index contributed by atoms with van der Waals surface area (Å²) in [5.41, 5.74) is 0.777. The molecule has 0 fully saturated rings. The van der Waals surface area contributed by atoms with Crippen molar-refractivity contribution in [2.24, 2.45) is 0 Å². The van der Waals surface area contributed by atoms with Crippen molar-refractivity contribution in [3.63, 3.8) is 0 Å². The normalized spacial score (nSPS) is 10.2. The third kappa shape index (κ3) is 5.02. The highest BCUT2D eigenvalue weighted by Gasteiger charge is 2.04. The molecule has 0 aliphatic carbocycles. The molecule has 110 valence electrons. The maximum absolute atomic E-state index is 11.8. The third-order valence-corrected chi connectivity index (χ3v) is 4.29. The van der Waals surface area contributed by atoms with Gasteiger partial charge in [-0.2, -0.15) is 0 Å².